The number of benzene rings is 1. The average molecular weight is 355 g/mol. The Kier molecular flexibility index (Phi) is 5.68. The van der Waals surface area contributed by atoms with Gasteiger partial charge in [0.2, 0.25) is 5.56 Å². The van der Waals surface area contributed by atoms with E-state index in [4.69, 9.17) is 4.74 Å². The lowest BCUT2D eigenvalue weighted by Crippen LogP contribution is -2.38. The van der Waals surface area contributed by atoms with Crippen molar-refractivity contribution in [3.63, 3.8) is 0 Å². The molecule has 1 aromatic carbocycles. The van der Waals surface area contributed by atoms with Gasteiger partial charge in [0, 0.05) is 36.6 Å². The normalized spacial score (nSPS) is 13.9. The average Bonchev–Trinajstić information content (AvgIpc) is 2.67. The number of nitrogens with one attached hydrogen (secondary N) is 2. The Morgan fingerprint density at radius 1 is 1.12 bits per heavy atom. The van der Waals surface area contributed by atoms with Gasteiger partial charge in [0.05, 0.1) is 0 Å². The van der Waals surface area contributed by atoms with Gasteiger partial charge in [0.1, 0.15) is 5.75 Å². The number of anilines is 1. The summed E-state index contributed by atoms with van der Waals surface area (Å²) in [7, 11) is 0. The number of hydrogen-bond donors (Lipinski definition) is 2. The first-order chi connectivity index (χ1) is 12.6. The van der Waals surface area contributed by atoms with Crippen LogP contribution in [0.2, 0.25) is 0 Å². The zero-order valence-electron chi connectivity index (χ0n) is 14.4. The summed E-state index contributed by atoms with van der Waals surface area (Å²) in [6, 6.07) is 9.50. The van der Waals surface area contributed by atoms with Crippen LogP contribution in [0.25, 0.3) is 0 Å². The summed E-state index contributed by atoms with van der Waals surface area (Å²) >= 11 is 0. The monoisotopic (exact) mass is 355 g/mol. The van der Waals surface area contributed by atoms with Crippen molar-refractivity contribution in [3.05, 3.63) is 58.5 Å². The SMILES string of the molecule is O=C(Nc1cc[nH]c(=O)c1)c1cccc(OCC(=O)N2CCCCC2)c1. The van der Waals surface area contributed by atoms with Gasteiger partial charge in [-0.1, -0.05) is 6.07 Å². The number of aromatic nitrogens is 1. The molecule has 7 nitrogen and oxygen atoms in total. The van der Waals surface area contributed by atoms with E-state index in [1.54, 1.807) is 30.3 Å². The molecular formula is C19H21N3O4. The third-order valence-electron chi connectivity index (χ3n) is 4.20. The highest BCUT2D eigenvalue weighted by atomic mass is 16.5. The van der Waals surface area contributed by atoms with E-state index in [1.807, 2.05) is 4.90 Å². The maximum Gasteiger partial charge on any atom is 0.260 e. The number of pyridine rings is 1. The zero-order chi connectivity index (χ0) is 18.4. The minimum atomic E-state index is -0.358. The molecule has 1 saturated heterocycles. The van der Waals surface area contributed by atoms with Crippen molar-refractivity contribution >= 4 is 17.5 Å². The van der Waals surface area contributed by atoms with Crippen molar-refractivity contribution in [1.29, 1.82) is 0 Å². The topological polar surface area (TPSA) is 91.5 Å². The van der Waals surface area contributed by atoms with Crippen molar-refractivity contribution in [2.45, 2.75) is 19.3 Å². The second-order valence-electron chi connectivity index (χ2n) is 6.15. The van der Waals surface area contributed by atoms with E-state index in [0.717, 1.165) is 32.4 Å². The molecule has 0 unspecified atom stereocenters. The van der Waals surface area contributed by atoms with Crippen molar-refractivity contribution in [2.24, 2.45) is 0 Å². The van der Waals surface area contributed by atoms with Gasteiger partial charge in [0.15, 0.2) is 6.61 Å². The van der Waals surface area contributed by atoms with E-state index < -0.39 is 0 Å². The van der Waals surface area contributed by atoms with Crippen molar-refractivity contribution in [1.82, 2.24) is 9.88 Å². The fourth-order valence-electron chi connectivity index (χ4n) is 2.83. The summed E-state index contributed by atoms with van der Waals surface area (Å²) in [4.78, 5) is 40.0. The van der Waals surface area contributed by atoms with E-state index in [0.29, 0.717) is 17.0 Å². The van der Waals surface area contributed by atoms with Gasteiger partial charge in [-0.2, -0.15) is 0 Å². The van der Waals surface area contributed by atoms with E-state index in [9.17, 15) is 14.4 Å². The van der Waals surface area contributed by atoms with E-state index in [-0.39, 0.29) is 24.0 Å². The van der Waals surface area contributed by atoms with Crippen LogP contribution in [0, 0.1) is 0 Å². The number of hydrogen-bond acceptors (Lipinski definition) is 4. The number of aromatic amines is 1. The molecule has 1 aromatic heterocycles. The van der Waals surface area contributed by atoms with Gasteiger partial charge in [-0.15, -0.1) is 0 Å². The molecule has 0 bridgehead atoms. The van der Waals surface area contributed by atoms with Crippen molar-refractivity contribution in [3.8, 4) is 5.75 Å². The van der Waals surface area contributed by atoms with Gasteiger partial charge < -0.3 is 19.9 Å². The molecule has 136 valence electrons. The molecule has 1 fully saturated rings. The van der Waals surface area contributed by atoms with Crippen LogP contribution in [0.15, 0.2) is 47.4 Å². The minimum absolute atomic E-state index is 0.0388. The first-order valence-corrected chi connectivity index (χ1v) is 8.62. The number of nitrogens with zero attached hydrogens (tertiary/aromatic N) is 1. The second kappa shape index (κ2) is 8.33. The number of amides is 2. The molecule has 2 heterocycles. The number of ether oxygens (including phenoxy) is 1. The molecule has 26 heavy (non-hydrogen) atoms. The van der Waals surface area contributed by atoms with E-state index in [2.05, 4.69) is 10.3 Å². The molecule has 2 N–H and O–H groups in total. The minimum Gasteiger partial charge on any atom is -0.484 e. The molecule has 0 atom stereocenters. The maximum atomic E-state index is 12.3. The number of likely N-dealkylation sites (tertiary alicyclic amines) is 1. The number of carbonyl (C=O) groups is 2. The summed E-state index contributed by atoms with van der Waals surface area (Å²) in [6.07, 6.45) is 4.69. The van der Waals surface area contributed by atoms with Crippen LogP contribution in [-0.2, 0) is 4.79 Å². The Balaban J connectivity index is 1.59. The molecule has 0 spiro atoms. The number of H-pyrrole nitrogens is 1. The zero-order valence-corrected chi connectivity index (χ0v) is 14.4. The Hall–Kier alpha value is -3.09. The van der Waals surface area contributed by atoms with Gasteiger partial charge >= 0.3 is 0 Å². The lowest BCUT2D eigenvalue weighted by Gasteiger charge is -2.26. The molecule has 0 saturated carbocycles. The number of piperidine rings is 1. The van der Waals surface area contributed by atoms with Gasteiger partial charge in [-0.05, 0) is 43.5 Å². The lowest BCUT2D eigenvalue weighted by molar-refractivity contribution is -0.134. The summed E-state index contributed by atoms with van der Waals surface area (Å²) < 4.78 is 5.55. The number of rotatable bonds is 5. The van der Waals surface area contributed by atoms with Crippen LogP contribution in [0.4, 0.5) is 5.69 Å². The van der Waals surface area contributed by atoms with E-state index in [1.165, 1.54) is 12.3 Å². The molecule has 0 radical (unpaired) electrons. The maximum absolute atomic E-state index is 12.3. The Morgan fingerprint density at radius 2 is 1.92 bits per heavy atom. The highest BCUT2D eigenvalue weighted by molar-refractivity contribution is 6.04. The smallest absolute Gasteiger partial charge is 0.260 e. The standard InChI is InChI=1S/C19H21N3O4/c23-17-12-15(7-8-20-17)21-19(25)14-5-4-6-16(11-14)26-13-18(24)22-9-2-1-3-10-22/h4-8,11-12H,1-3,9-10,13H2,(H2,20,21,23,25). The molecule has 0 aliphatic carbocycles. The second-order valence-corrected chi connectivity index (χ2v) is 6.15. The molecule has 1 aliphatic rings. The summed E-state index contributed by atoms with van der Waals surface area (Å²) in [5.74, 6) is 0.0559. The predicted octanol–water partition coefficient (Wildman–Crippen LogP) is 2.02. The van der Waals surface area contributed by atoms with Gasteiger partial charge in [-0.25, -0.2) is 0 Å². The quantitative estimate of drug-likeness (QED) is 0.858. The third kappa shape index (κ3) is 4.72. The van der Waals surface area contributed by atoms with Crippen molar-refractivity contribution in [2.75, 3.05) is 25.0 Å². The fraction of sp³-hybridized carbons (Fsp3) is 0.316. The fourth-order valence-corrected chi connectivity index (χ4v) is 2.83. The lowest BCUT2D eigenvalue weighted by atomic mass is 10.1. The van der Waals surface area contributed by atoms with Crippen molar-refractivity contribution < 1.29 is 14.3 Å². The molecule has 7 heteroatoms. The molecule has 2 aromatic rings. The first kappa shape index (κ1) is 17.7. The third-order valence-corrected chi connectivity index (χ3v) is 4.20. The summed E-state index contributed by atoms with van der Waals surface area (Å²) in [5.41, 5.74) is 0.495. The van der Waals surface area contributed by atoms with Crippen LogP contribution >= 0.6 is 0 Å². The van der Waals surface area contributed by atoms with Crippen LogP contribution in [0.3, 0.4) is 0 Å². The van der Waals surface area contributed by atoms with E-state index >= 15 is 0 Å². The Labute approximate surface area is 151 Å². The molecule has 2 amide bonds. The summed E-state index contributed by atoms with van der Waals surface area (Å²) in [5, 5.41) is 2.65. The Bertz CT molecular complexity index is 840. The molecule has 1 aliphatic heterocycles. The largest absolute Gasteiger partial charge is 0.484 e. The van der Waals surface area contributed by atoms with Gasteiger partial charge in [0.25, 0.3) is 11.8 Å². The Morgan fingerprint density at radius 3 is 2.69 bits per heavy atom. The molecule has 3 rings (SSSR count). The van der Waals surface area contributed by atoms with Crippen LogP contribution < -0.4 is 15.6 Å². The first-order valence-electron chi connectivity index (χ1n) is 8.62. The molecular weight excluding hydrogens is 334 g/mol. The van der Waals surface area contributed by atoms with Crippen LogP contribution in [0.1, 0.15) is 29.6 Å². The summed E-state index contributed by atoms with van der Waals surface area (Å²) in [6.45, 7) is 1.51. The van der Waals surface area contributed by atoms with Crippen LogP contribution in [0.5, 0.6) is 5.75 Å². The van der Waals surface area contributed by atoms with Crippen LogP contribution in [-0.4, -0.2) is 41.4 Å². The number of carbonyl (C=O) groups excluding carboxylic acids is 2. The van der Waals surface area contributed by atoms with Gasteiger partial charge in [-0.3, -0.25) is 14.4 Å². The highest BCUT2D eigenvalue weighted by Crippen LogP contribution is 2.16. The predicted molar refractivity (Wildman–Crippen MR) is 97.4 cm³/mol. The highest BCUT2D eigenvalue weighted by Gasteiger charge is 2.17.